The fourth-order valence-corrected chi connectivity index (χ4v) is 2.07. The van der Waals surface area contributed by atoms with Gasteiger partial charge in [-0.2, -0.15) is 0 Å². The van der Waals surface area contributed by atoms with Crippen LogP contribution in [0.4, 0.5) is 11.4 Å². The van der Waals surface area contributed by atoms with E-state index in [9.17, 15) is 4.79 Å². The van der Waals surface area contributed by atoms with Crippen LogP contribution in [0.3, 0.4) is 0 Å². The van der Waals surface area contributed by atoms with Crippen LogP contribution in [0.2, 0.25) is 5.02 Å². The third-order valence-corrected chi connectivity index (χ3v) is 3.26. The maximum Gasteiger partial charge on any atom is 0.257 e. The fraction of sp³-hybridized carbons (Fsp3) is 0.133. The minimum absolute atomic E-state index is 0.233. The Labute approximate surface area is 122 Å². The van der Waals surface area contributed by atoms with Crippen molar-refractivity contribution in [2.24, 2.45) is 5.84 Å². The van der Waals surface area contributed by atoms with E-state index in [1.165, 1.54) is 0 Å². The second-order valence-corrected chi connectivity index (χ2v) is 5.04. The molecule has 2 rings (SSSR count). The second kappa shape index (κ2) is 5.94. The molecule has 0 heterocycles. The van der Waals surface area contributed by atoms with Gasteiger partial charge in [-0.05, 0) is 49.2 Å². The van der Waals surface area contributed by atoms with Gasteiger partial charge in [0.2, 0.25) is 0 Å². The van der Waals surface area contributed by atoms with Crippen molar-refractivity contribution in [3.05, 3.63) is 58.1 Å². The number of halogens is 1. The molecule has 20 heavy (non-hydrogen) atoms. The number of nitrogen functional groups attached to an aromatic ring is 1. The molecule has 4 nitrogen and oxygen atoms in total. The molecular formula is C15H16ClN3O. The van der Waals surface area contributed by atoms with Gasteiger partial charge in [0.05, 0.1) is 11.3 Å². The number of carbonyl (C=O) groups excluding carboxylic acids is 1. The van der Waals surface area contributed by atoms with Gasteiger partial charge in [0, 0.05) is 10.7 Å². The highest BCUT2D eigenvalue weighted by atomic mass is 35.5. The molecule has 0 fully saturated rings. The number of carbonyl (C=O) groups is 1. The van der Waals surface area contributed by atoms with Crippen LogP contribution in [-0.2, 0) is 0 Å². The third kappa shape index (κ3) is 3.10. The van der Waals surface area contributed by atoms with Crippen LogP contribution in [-0.4, -0.2) is 5.91 Å². The van der Waals surface area contributed by atoms with Crippen molar-refractivity contribution in [1.29, 1.82) is 0 Å². The zero-order chi connectivity index (χ0) is 14.7. The molecular weight excluding hydrogens is 274 g/mol. The Hall–Kier alpha value is -2.04. The van der Waals surface area contributed by atoms with Gasteiger partial charge in [-0.1, -0.05) is 23.7 Å². The Kier molecular flexibility index (Phi) is 4.27. The summed E-state index contributed by atoms with van der Waals surface area (Å²) in [5.41, 5.74) is 6.26. The Morgan fingerprint density at radius 1 is 1.10 bits per heavy atom. The first-order valence-corrected chi connectivity index (χ1v) is 6.54. The van der Waals surface area contributed by atoms with Crippen molar-refractivity contribution in [3.63, 3.8) is 0 Å². The van der Waals surface area contributed by atoms with E-state index >= 15 is 0 Å². The van der Waals surface area contributed by atoms with Crippen LogP contribution >= 0.6 is 11.6 Å². The first kappa shape index (κ1) is 14.4. The lowest BCUT2D eigenvalue weighted by Crippen LogP contribution is -2.17. The summed E-state index contributed by atoms with van der Waals surface area (Å²) in [6.07, 6.45) is 0. The van der Waals surface area contributed by atoms with Crippen LogP contribution in [0.15, 0.2) is 36.4 Å². The molecule has 0 atom stereocenters. The standard InChI is InChI=1S/C15H16ClN3O/c1-9-3-6-12(14(7-9)19-17)15(20)18-13-8-11(16)5-4-10(13)2/h3-8,19H,17H2,1-2H3,(H,18,20). The summed E-state index contributed by atoms with van der Waals surface area (Å²) >= 11 is 5.94. The van der Waals surface area contributed by atoms with Gasteiger partial charge in [-0.3, -0.25) is 10.6 Å². The average molecular weight is 290 g/mol. The summed E-state index contributed by atoms with van der Waals surface area (Å²) in [6.45, 7) is 3.84. The number of nitrogens with two attached hydrogens (primary N) is 1. The Morgan fingerprint density at radius 2 is 1.85 bits per heavy atom. The number of hydrazine groups is 1. The van der Waals surface area contributed by atoms with Gasteiger partial charge in [-0.15, -0.1) is 0 Å². The molecule has 0 radical (unpaired) electrons. The van der Waals surface area contributed by atoms with Crippen molar-refractivity contribution < 1.29 is 4.79 Å². The number of aryl methyl sites for hydroxylation is 2. The molecule has 0 aromatic heterocycles. The summed E-state index contributed by atoms with van der Waals surface area (Å²) in [7, 11) is 0. The Bertz CT molecular complexity index is 656. The first-order valence-electron chi connectivity index (χ1n) is 6.16. The maximum absolute atomic E-state index is 12.3. The highest BCUT2D eigenvalue weighted by Crippen LogP contribution is 2.23. The fourth-order valence-electron chi connectivity index (χ4n) is 1.89. The van der Waals surface area contributed by atoms with Crippen molar-refractivity contribution in [3.8, 4) is 0 Å². The average Bonchev–Trinajstić information content (AvgIpc) is 2.42. The molecule has 0 aliphatic rings. The van der Waals surface area contributed by atoms with Crippen molar-refractivity contribution in [2.45, 2.75) is 13.8 Å². The molecule has 1 amide bonds. The Morgan fingerprint density at radius 3 is 2.55 bits per heavy atom. The SMILES string of the molecule is Cc1ccc(C(=O)Nc2cc(Cl)ccc2C)c(NN)c1. The van der Waals surface area contributed by atoms with Crippen molar-refractivity contribution in [1.82, 2.24) is 0 Å². The molecule has 5 heteroatoms. The summed E-state index contributed by atoms with van der Waals surface area (Å²) < 4.78 is 0. The molecule has 104 valence electrons. The van der Waals surface area contributed by atoms with E-state index in [1.807, 2.05) is 32.0 Å². The van der Waals surface area contributed by atoms with Crippen LogP contribution in [0.5, 0.6) is 0 Å². The molecule has 2 aromatic rings. The predicted molar refractivity (Wildman–Crippen MR) is 83.1 cm³/mol. The van der Waals surface area contributed by atoms with Crippen LogP contribution < -0.4 is 16.6 Å². The molecule has 0 saturated carbocycles. The van der Waals surface area contributed by atoms with Gasteiger partial charge in [0.1, 0.15) is 0 Å². The van der Waals surface area contributed by atoms with Gasteiger partial charge < -0.3 is 10.7 Å². The minimum Gasteiger partial charge on any atom is -0.323 e. The second-order valence-electron chi connectivity index (χ2n) is 4.61. The largest absolute Gasteiger partial charge is 0.323 e. The van der Waals surface area contributed by atoms with Crippen molar-refractivity contribution in [2.75, 3.05) is 10.7 Å². The van der Waals surface area contributed by atoms with Gasteiger partial charge in [-0.25, -0.2) is 0 Å². The number of hydrogen-bond donors (Lipinski definition) is 3. The van der Waals surface area contributed by atoms with Gasteiger partial charge >= 0.3 is 0 Å². The first-order chi connectivity index (χ1) is 9.51. The van der Waals surface area contributed by atoms with Crippen LogP contribution in [0, 0.1) is 13.8 Å². The van der Waals surface area contributed by atoms with E-state index in [4.69, 9.17) is 17.4 Å². The quantitative estimate of drug-likeness (QED) is 0.598. The van der Waals surface area contributed by atoms with Gasteiger partial charge in [0.25, 0.3) is 5.91 Å². The maximum atomic E-state index is 12.3. The topological polar surface area (TPSA) is 67.2 Å². The third-order valence-electron chi connectivity index (χ3n) is 3.02. The van der Waals surface area contributed by atoms with E-state index in [0.717, 1.165) is 11.1 Å². The summed E-state index contributed by atoms with van der Waals surface area (Å²) in [4.78, 5) is 12.3. The number of nitrogens with one attached hydrogen (secondary N) is 2. The molecule has 2 aromatic carbocycles. The normalized spacial score (nSPS) is 10.2. The van der Waals surface area contributed by atoms with Crippen LogP contribution in [0.1, 0.15) is 21.5 Å². The molecule has 0 aliphatic carbocycles. The molecule has 4 N–H and O–H groups in total. The summed E-state index contributed by atoms with van der Waals surface area (Å²) in [6, 6.07) is 10.8. The highest BCUT2D eigenvalue weighted by molar-refractivity contribution is 6.31. The van der Waals surface area contributed by atoms with Crippen molar-refractivity contribution >= 4 is 28.9 Å². The lowest BCUT2D eigenvalue weighted by molar-refractivity contribution is 0.102. The number of rotatable bonds is 3. The van der Waals surface area contributed by atoms with E-state index in [2.05, 4.69) is 10.7 Å². The van der Waals surface area contributed by atoms with E-state index in [0.29, 0.717) is 22.0 Å². The zero-order valence-corrected chi connectivity index (χ0v) is 12.1. The number of hydrogen-bond acceptors (Lipinski definition) is 3. The molecule has 0 bridgehead atoms. The van der Waals surface area contributed by atoms with Crippen LogP contribution in [0.25, 0.3) is 0 Å². The highest BCUT2D eigenvalue weighted by Gasteiger charge is 2.12. The molecule has 0 saturated heterocycles. The number of anilines is 2. The lowest BCUT2D eigenvalue weighted by Gasteiger charge is -2.12. The van der Waals surface area contributed by atoms with Gasteiger partial charge in [0.15, 0.2) is 0 Å². The lowest BCUT2D eigenvalue weighted by atomic mass is 10.1. The molecule has 0 aliphatic heterocycles. The zero-order valence-electron chi connectivity index (χ0n) is 11.3. The molecule has 0 unspecified atom stereocenters. The Balaban J connectivity index is 2.30. The van der Waals surface area contributed by atoms with E-state index in [-0.39, 0.29) is 5.91 Å². The smallest absolute Gasteiger partial charge is 0.257 e. The monoisotopic (exact) mass is 289 g/mol. The summed E-state index contributed by atoms with van der Waals surface area (Å²) in [5.74, 6) is 5.22. The van der Waals surface area contributed by atoms with E-state index < -0.39 is 0 Å². The number of benzene rings is 2. The number of amides is 1. The van der Waals surface area contributed by atoms with E-state index in [1.54, 1.807) is 18.2 Å². The minimum atomic E-state index is -0.233. The summed E-state index contributed by atoms with van der Waals surface area (Å²) in [5, 5.41) is 3.42. The molecule has 0 spiro atoms. The predicted octanol–water partition coefficient (Wildman–Crippen LogP) is 3.49.